The Kier molecular flexibility index (Phi) is 3.80. The van der Waals surface area contributed by atoms with Crippen LogP contribution in [0.3, 0.4) is 0 Å². The van der Waals surface area contributed by atoms with E-state index in [0.29, 0.717) is 19.1 Å². The third-order valence-corrected chi connectivity index (χ3v) is 3.60. The predicted octanol–water partition coefficient (Wildman–Crippen LogP) is 3.28. The van der Waals surface area contributed by atoms with Crippen LogP contribution in [0.1, 0.15) is 24.1 Å². The van der Waals surface area contributed by atoms with Gasteiger partial charge in [0.15, 0.2) is 11.5 Å². The van der Waals surface area contributed by atoms with Crippen molar-refractivity contribution in [1.82, 2.24) is 0 Å². The first-order chi connectivity index (χ1) is 10.1. The van der Waals surface area contributed by atoms with E-state index in [1.807, 2.05) is 18.2 Å². The minimum atomic E-state index is -0.319. The summed E-state index contributed by atoms with van der Waals surface area (Å²) in [6, 6.07) is 11.6. The molecular weight excluding hydrogens is 269 g/mol. The van der Waals surface area contributed by atoms with Gasteiger partial charge in [-0.25, -0.2) is 4.39 Å². The second kappa shape index (κ2) is 5.74. The Morgan fingerprint density at radius 2 is 1.62 bits per heavy atom. The van der Waals surface area contributed by atoms with Gasteiger partial charge in [-0.3, -0.25) is 0 Å². The number of ether oxygens (including phenoxy) is 2. The molecule has 0 aliphatic carbocycles. The lowest BCUT2D eigenvalue weighted by molar-refractivity contribution is 0.228. The third-order valence-electron chi connectivity index (χ3n) is 3.60. The van der Waals surface area contributed by atoms with Crippen LogP contribution in [0.2, 0.25) is 0 Å². The van der Waals surface area contributed by atoms with Crippen LogP contribution >= 0.6 is 0 Å². The maximum Gasteiger partial charge on any atom is 0.161 e. The molecule has 3 nitrogen and oxygen atoms in total. The van der Waals surface area contributed by atoms with E-state index < -0.39 is 0 Å². The SMILES string of the molecule is CC1COc2ccc(C(N)c3ccc(F)cc3)cc2OC1. The van der Waals surface area contributed by atoms with Crippen LogP contribution in [0, 0.1) is 11.7 Å². The summed E-state index contributed by atoms with van der Waals surface area (Å²) in [4.78, 5) is 0. The zero-order chi connectivity index (χ0) is 14.8. The fraction of sp³-hybridized carbons (Fsp3) is 0.294. The van der Waals surface area contributed by atoms with E-state index in [2.05, 4.69) is 6.92 Å². The lowest BCUT2D eigenvalue weighted by Crippen LogP contribution is -2.12. The van der Waals surface area contributed by atoms with E-state index in [4.69, 9.17) is 15.2 Å². The van der Waals surface area contributed by atoms with Crippen molar-refractivity contribution in [2.75, 3.05) is 13.2 Å². The molecule has 2 aromatic rings. The maximum atomic E-state index is 13.0. The molecule has 1 heterocycles. The molecule has 0 spiro atoms. The highest BCUT2D eigenvalue weighted by atomic mass is 19.1. The summed E-state index contributed by atoms with van der Waals surface area (Å²) in [6.07, 6.45) is 0. The number of halogens is 1. The quantitative estimate of drug-likeness (QED) is 0.922. The van der Waals surface area contributed by atoms with Gasteiger partial charge in [0.25, 0.3) is 0 Å². The van der Waals surface area contributed by atoms with Crippen molar-refractivity contribution >= 4 is 0 Å². The number of hydrogen-bond acceptors (Lipinski definition) is 3. The van der Waals surface area contributed by atoms with Gasteiger partial charge in [0, 0.05) is 5.92 Å². The Bertz CT molecular complexity index is 627. The normalized spacial score (nSPS) is 18.9. The molecule has 2 N–H and O–H groups in total. The Balaban J connectivity index is 1.88. The smallest absolute Gasteiger partial charge is 0.161 e. The van der Waals surface area contributed by atoms with E-state index in [1.54, 1.807) is 12.1 Å². The molecule has 0 radical (unpaired) electrons. The predicted molar refractivity (Wildman–Crippen MR) is 79.0 cm³/mol. The van der Waals surface area contributed by atoms with Gasteiger partial charge in [-0.1, -0.05) is 25.1 Å². The maximum absolute atomic E-state index is 13.0. The minimum absolute atomic E-state index is 0.265. The van der Waals surface area contributed by atoms with E-state index >= 15 is 0 Å². The highest BCUT2D eigenvalue weighted by Gasteiger charge is 2.17. The molecule has 0 saturated carbocycles. The molecule has 110 valence electrons. The minimum Gasteiger partial charge on any atom is -0.489 e. The third kappa shape index (κ3) is 3.00. The molecular formula is C17H18FNO2. The number of hydrogen-bond donors (Lipinski definition) is 1. The molecule has 0 aromatic heterocycles. The Morgan fingerprint density at radius 3 is 2.33 bits per heavy atom. The zero-order valence-electron chi connectivity index (χ0n) is 11.9. The summed E-state index contributed by atoms with van der Waals surface area (Å²) in [5.74, 6) is 1.55. The average molecular weight is 287 g/mol. The van der Waals surface area contributed by atoms with E-state index in [1.165, 1.54) is 12.1 Å². The van der Waals surface area contributed by atoms with Crippen molar-refractivity contribution in [3.05, 3.63) is 59.4 Å². The lowest BCUT2D eigenvalue weighted by Gasteiger charge is -2.15. The molecule has 1 aliphatic heterocycles. The molecule has 3 rings (SSSR count). The number of nitrogens with two attached hydrogens (primary N) is 1. The highest BCUT2D eigenvalue weighted by Crippen LogP contribution is 2.34. The summed E-state index contributed by atoms with van der Waals surface area (Å²) < 4.78 is 24.4. The average Bonchev–Trinajstić information content (AvgIpc) is 2.69. The topological polar surface area (TPSA) is 44.5 Å². The van der Waals surface area contributed by atoms with Crippen LogP contribution in [0.25, 0.3) is 0 Å². The fourth-order valence-corrected chi connectivity index (χ4v) is 2.32. The van der Waals surface area contributed by atoms with Crippen molar-refractivity contribution < 1.29 is 13.9 Å². The monoisotopic (exact) mass is 287 g/mol. The Morgan fingerprint density at radius 1 is 1.00 bits per heavy atom. The summed E-state index contributed by atoms with van der Waals surface area (Å²) >= 11 is 0. The van der Waals surface area contributed by atoms with E-state index in [-0.39, 0.29) is 11.9 Å². The van der Waals surface area contributed by atoms with Crippen molar-refractivity contribution in [3.63, 3.8) is 0 Å². The summed E-state index contributed by atoms with van der Waals surface area (Å²) in [7, 11) is 0. The van der Waals surface area contributed by atoms with Gasteiger partial charge in [0.05, 0.1) is 19.3 Å². The molecule has 2 aromatic carbocycles. The van der Waals surface area contributed by atoms with Gasteiger partial charge < -0.3 is 15.2 Å². The van der Waals surface area contributed by atoms with Crippen LogP contribution in [-0.2, 0) is 0 Å². The van der Waals surface area contributed by atoms with Gasteiger partial charge in [0.2, 0.25) is 0 Å². The summed E-state index contributed by atoms with van der Waals surface area (Å²) in [5.41, 5.74) is 8.02. The first kappa shape index (κ1) is 13.9. The van der Waals surface area contributed by atoms with Gasteiger partial charge in [-0.05, 0) is 35.4 Å². The lowest BCUT2D eigenvalue weighted by atomic mass is 9.99. The van der Waals surface area contributed by atoms with Crippen molar-refractivity contribution in [3.8, 4) is 11.5 Å². The number of benzene rings is 2. The standard InChI is InChI=1S/C17H18FNO2/c1-11-9-20-15-7-4-13(8-16(15)21-10-11)17(19)12-2-5-14(18)6-3-12/h2-8,11,17H,9-10,19H2,1H3. The van der Waals surface area contributed by atoms with E-state index in [0.717, 1.165) is 22.6 Å². The molecule has 2 unspecified atom stereocenters. The van der Waals surface area contributed by atoms with Crippen LogP contribution < -0.4 is 15.2 Å². The van der Waals surface area contributed by atoms with Crippen LogP contribution in [-0.4, -0.2) is 13.2 Å². The first-order valence-corrected chi connectivity index (χ1v) is 7.04. The molecule has 21 heavy (non-hydrogen) atoms. The second-order valence-electron chi connectivity index (χ2n) is 5.46. The molecule has 0 fully saturated rings. The van der Waals surface area contributed by atoms with Crippen molar-refractivity contribution in [1.29, 1.82) is 0 Å². The largest absolute Gasteiger partial charge is 0.489 e. The Labute approximate surface area is 123 Å². The molecule has 0 saturated heterocycles. The second-order valence-corrected chi connectivity index (χ2v) is 5.46. The summed E-state index contributed by atoms with van der Waals surface area (Å²) in [5, 5.41) is 0. The Hall–Kier alpha value is -2.07. The molecule has 4 heteroatoms. The van der Waals surface area contributed by atoms with Crippen molar-refractivity contribution in [2.24, 2.45) is 11.7 Å². The number of rotatable bonds is 2. The molecule has 1 aliphatic rings. The van der Waals surface area contributed by atoms with Gasteiger partial charge in [-0.2, -0.15) is 0 Å². The molecule has 2 atom stereocenters. The van der Waals surface area contributed by atoms with Crippen LogP contribution in [0.15, 0.2) is 42.5 Å². The summed E-state index contributed by atoms with van der Waals surface area (Å²) in [6.45, 7) is 3.36. The van der Waals surface area contributed by atoms with Crippen molar-refractivity contribution in [2.45, 2.75) is 13.0 Å². The van der Waals surface area contributed by atoms with Crippen LogP contribution in [0.5, 0.6) is 11.5 Å². The highest BCUT2D eigenvalue weighted by molar-refractivity contribution is 5.46. The molecule has 0 amide bonds. The van der Waals surface area contributed by atoms with Crippen LogP contribution in [0.4, 0.5) is 4.39 Å². The molecule has 0 bridgehead atoms. The first-order valence-electron chi connectivity index (χ1n) is 7.04. The zero-order valence-corrected chi connectivity index (χ0v) is 11.9. The van der Waals surface area contributed by atoms with Gasteiger partial charge >= 0.3 is 0 Å². The fourth-order valence-electron chi connectivity index (χ4n) is 2.32. The number of fused-ring (bicyclic) bond motifs is 1. The van der Waals surface area contributed by atoms with Gasteiger partial charge in [0.1, 0.15) is 5.82 Å². The van der Waals surface area contributed by atoms with E-state index in [9.17, 15) is 4.39 Å². The van der Waals surface area contributed by atoms with Gasteiger partial charge in [-0.15, -0.1) is 0 Å².